The van der Waals surface area contributed by atoms with Crippen LogP contribution in [0.2, 0.25) is 0 Å². The molecule has 132 valence electrons. The van der Waals surface area contributed by atoms with Crippen molar-refractivity contribution in [2.24, 2.45) is 11.8 Å². The lowest BCUT2D eigenvalue weighted by Gasteiger charge is -2.21. The van der Waals surface area contributed by atoms with Crippen LogP contribution in [0.25, 0.3) is 0 Å². The lowest BCUT2D eigenvalue weighted by Crippen LogP contribution is -2.33. The van der Waals surface area contributed by atoms with Gasteiger partial charge >= 0.3 is 5.97 Å². The second kappa shape index (κ2) is 11.2. The Morgan fingerprint density at radius 2 is 1.70 bits per heavy atom. The van der Waals surface area contributed by atoms with E-state index in [0.29, 0.717) is 23.5 Å². The van der Waals surface area contributed by atoms with Crippen molar-refractivity contribution in [1.82, 2.24) is 0 Å². The molecule has 0 aliphatic carbocycles. The number of carbonyl (C=O) groups is 2. The van der Waals surface area contributed by atoms with Gasteiger partial charge in [0.05, 0.1) is 0 Å². The number of carbonyl (C=O) groups excluding carboxylic acids is 2. The van der Waals surface area contributed by atoms with Crippen molar-refractivity contribution < 1.29 is 14.3 Å². The summed E-state index contributed by atoms with van der Waals surface area (Å²) in [5.74, 6) is -0.125. The van der Waals surface area contributed by atoms with E-state index >= 15 is 0 Å². The van der Waals surface area contributed by atoms with Crippen LogP contribution in [0, 0.1) is 11.8 Å². The zero-order chi connectivity index (χ0) is 18.0. The van der Waals surface area contributed by atoms with E-state index in [9.17, 15) is 9.59 Å². The monoisotopic (exact) mass is 322 g/mol. The molecule has 0 bridgehead atoms. The molecule has 23 heavy (non-hydrogen) atoms. The molecule has 3 heteroatoms. The van der Waals surface area contributed by atoms with Gasteiger partial charge in [-0.3, -0.25) is 4.79 Å². The molecule has 2 unspecified atom stereocenters. The van der Waals surface area contributed by atoms with Crippen molar-refractivity contribution in [2.45, 2.75) is 79.2 Å². The Morgan fingerprint density at radius 1 is 1.09 bits per heavy atom. The van der Waals surface area contributed by atoms with Crippen molar-refractivity contribution in [3.8, 4) is 0 Å². The molecule has 0 aromatic heterocycles. The molecule has 0 aliphatic heterocycles. The van der Waals surface area contributed by atoms with Crippen LogP contribution in [-0.4, -0.2) is 17.9 Å². The highest BCUT2D eigenvalue weighted by Gasteiger charge is 2.27. The summed E-state index contributed by atoms with van der Waals surface area (Å²) in [5.41, 5.74) is 0.868. The largest absolute Gasteiger partial charge is 0.450 e. The highest BCUT2D eigenvalue weighted by atomic mass is 16.5. The molecule has 0 aromatic carbocycles. The predicted molar refractivity (Wildman–Crippen MR) is 96.2 cm³/mol. The minimum atomic E-state index is -0.765. The maximum Gasteiger partial charge on any atom is 0.334 e. The van der Waals surface area contributed by atoms with Crippen LogP contribution in [0.1, 0.15) is 73.1 Å². The summed E-state index contributed by atoms with van der Waals surface area (Å²) in [4.78, 5) is 24.3. The van der Waals surface area contributed by atoms with Gasteiger partial charge in [0, 0.05) is 5.57 Å². The van der Waals surface area contributed by atoms with E-state index in [1.54, 1.807) is 6.92 Å². The van der Waals surface area contributed by atoms with Crippen molar-refractivity contribution >= 4 is 11.8 Å². The third-order valence-corrected chi connectivity index (χ3v) is 4.20. The fraction of sp³-hybridized carbons (Fsp3) is 0.700. The third-order valence-electron chi connectivity index (χ3n) is 4.20. The zero-order valence-corrected chi connectivity index (χ0v) is 15.6. The van der Waals surface area contributed by atoms with Crippen LogP contribution in [0.3, 0.4) is 0 Å². The first-order valence-corrected chi connectivity index (χ1v) is 8.82. The van der Waals surface area contributed by atoms with Gasteiger partial charge in [-0.25, -0.2) is 4.79 Å². The van der Waals surface area contributed by atoms with E-state index in [2.05, 4.69) is 27.0 Å². The van der Waals surface area contributed by atoms with Gasteiger partial charge < -0.3 is 4.74 Å². The van der Waals surface area contributed by atoms with Crippen LogP contribution in [0.5, 0.6) is 0 Å². The molecule has 0 heterocycles. The molecule has 0 spiro atoms. The van der Waals surface area contributed by atoms with Gasteiger partial charge in [0.25, 0.3) is 0 Å². The van der Waals surface area contributed by atoms with Crippen LogP contribution >= 0.6 is 0 Å². The number of unbranched alkanes of at least 4 members (excludes halogenated alkanes) is 1. The van der Waals surface area contributed by atoms with Gasteiger partial charge in [0.15, 0.2) is 11.9 Å². The van der Waals surface area contributed by atoms with Crippen LogP contribution in [0.15, 0.2) is 24.3 Å². The molecule has 0 saturated heterocycles. The fourth-order valence-electron chi connectivity index (χ4n) is 2.46. The molecular formula is C20H34O3. The van der Waals surface area contributed by atoms with E-state index in [1.807, 2.05) is 13.8 Å². The number of hydrogen-bond donors (Lipinski definition) is 0. The Labute approximate surface area is 142 Å². The first-order valence-electron chi connectivity index (χ1n) is 8.82. The second-order valence-electron chi connectivity index (χ2n) is 6.77. The first kappa shape index (κ1) is 21.6. The number of hydrogen-bond acceptors (Lipinski definition) is 3. The molecule has 0 saturated carbocycles. The Hall–Kier alpha value is -1.38. The van der Waals surface area contributed by atoms with Gasteiger partial charge in [0.1, 0.15) is 0 Å². The highest BCUT2D eigenvalue weighted by molar-refractivity contribution is 6.00. The maximum atomic E-state index is 12.2. The van der Waals surface area contributed by atoms with Gasteiger partial charge in [-0.15, -0.1) is 0 Å². The fourth-order valence-corrected chi connectivity index (χ4v) is 2.46. The minimum absolute atomic E-state index is 0.0797. The Bertz CT molecular complexity index is 421. The van der Waals surface area contributed by atoms with Crippen molar-refractivity contribution in [2.75, 3.05) is 0 Å². The summed E-state index contributed by atoms with van der Waals surface area (Å²) >= 11 is 0. The topological polar surface area (TPSA) is 43.4 Å². The zero-order valence-electron chi connectivity index (χ0n) is 15.6. The normalized spacial score (nSPS) is 13.5. The number of ether oxygens (including phenoxy) is 1. The quantitative estimate of drug-likeness (QED) is 0.364. The second-order valence-corrected chi connectivity index (χ2v) is 6.77. The maximum absolute atomic E-state index is 12.2. The number of esters is 1. The lowest BCUT2D eigenvalue weighted by molar-refractivity contribution is -0.152. The molecule has 0 amide bonds. The van der Waals surface area contributed by atoms with Crippen LogP contribution in [-0.2, 0) is 14.3 Å². The highest BCUT2D eigenvalue weighted by Crippen LogP contribution is 2.22. The number of Topliss-reactive ketones (excluding diaryl/α,β-unsaturated/α-hetero) is 1. The van der Waals surface area contributed by atoms with Gasteiger partial charge in [-0.2, -0.15) is 0 Å². The van der Waals surface area contributed by atoms with Gasteiger partial charge in [-0.05, 0) is 37.2 Å². The van der Waals surface area contributed by atoms with E-state index < -0.39 is 12.1 Å². The summed E-state index contributed by atoms with van der Waals surface area (Å²) in [6.07, 6.45) is 5.54. The summed E-state index contributed by atoms with van der Waals surface area (Å²) < 4.78 is 5.40. The molecule has 3 nitrogen and oxygen atoms in total. The molecule has 0 radical (unpaired) electrons. The molecule has 0 aromatic rings. The van der Waals surface area contributed by atoms with E-state index in [-0.39, 0.29) is 11.7 Å². The number of rotatable bonds is 12. The summed E-state index contributed by atoms with van der Waals surface area (Å²) in [7, 11) is 0. The van der Waals surface area contributed by atoms with Crippen LogP contribution < -0.4 is 0 Å². The molecule has 0 N–H and O–H groups in total. The molecule has 0 rings (SSSR count). The average Bonchev–Trinajstić information content (AvgIpc) is 2.51. The van der Waals surface area contributed by atoms with Crippen molar-refractivity contribution in [3.05, 3.63) is 24.3 Å². The van der Waals surface area contributed by atoms with Crippen molar-refractivity contribution in [3.63, 3.8) is 0 Å². The number of ketones is 1. The van der Waals surface area contributed by atoms with Gasteiger partial charge in [0.2, 0.25) is 0 Å². The molecule has 0 aliphatic rings. The lowest BCUT2D eigenvalue weighted by atomic mass is 9.92. The summed E-state index contributed by atoms with van der Waals surface area (Å²) in [5, 5.41) is 0. The summed E-state index contributed by atoms with van der Waals surface area (Å²) in [6, 6.07) is 0. The standard InChI is InChI=1S/C20H34O3/c1-8-10-11-17(9-2)13-12-16(7)20(22)23-19(15(5)6)18(21)14(3)4/h15,17,19H,3,7-13H2,1-2,4-6H3. The SMILES string of the molecule is C=C(C)C(=O)C(OC(=O)C(=C)CCC(CC)CCCC)C(C)C. The predicted octanol–water partition coefficient (Wildman–Crippen LogP) is 5.25. The Kier molecular flexibility index (Phi) is 10.5. The third kappa shape index (κ3) is 8.15. The molecule has 2 atom stereocenters. The Morgan fingerprint density at radius 3 is 2.13 bits per heavy atom. The minimum Gasteiger partial charge on any atom is -0.450 e. The van der Waals surface area contributed by atoms with Gasteiger partial charge in [-0.1, -0.05) is 66.5 Å². The first-order chi connectivity index (χ1) is 10.7. The smallest absolute Gasteiger partial charge is 0.334 e. The van der Waals surface area contributed by atoms with E-state index in [4.69, 9.17) is 4.74 Å². The van der Waals surface area contributed by atoms with Crippen molar-refractivity contribution in [1.29, 1.82) is 0 Å². The van der Waals surface area contributed by atoms with E-state index in [1.165, 1.54) is 19.3 Å². The Balaban J connectivity index is 4.55. The van der Waals surface area contributed by atoms with Crippen LogP contribution in [0.4, 0.5) is 0 Å². The molecular weight excluding hydrogens is 288 g/mol. The summed E-state index contributed by atoms with van der Waals surface area (Å²) in [6.45, 7) is 17.2. The van der Waals surface area contributed by atoms with E-state index in [0.717, 1.165) is 12.8 Å². The molecule has 0 fully saturated rings. The average molecular weight is 322 g/mol.